The quantitative estimate of drug-likeness (QED) is 0.693. The van der Waals surface area contributed by atoms with E-state index in [0.717, 1.165) is 0 Å². The molecule has 0 fully saturated rings. The first-order valence-corrected chi connectivity index (χ1v) is 6.92. The highest BCUT2D eigenvalue weighted by Gasteiger charge is 2.16. The Hall–Kier alpha value is -0.420. The van der Waals surface area contributed by atoms with E-state index in [9.17, 15) is 9.00 Å². The highest BCUT2D eigenvalue weighted by molar-refractivity contribution is 7.84. The van der Waals surface area contributed by atoms with E-state index >= 15 is 0 Å². The van der Waals surface area contributed by atoms with E-state index in [1.807, 2.05) is 27.7 Å². The van der Waals surface area contributed by atoms with Crippen molar-refractivity contribution in [1.29, 1.82) is 0 Å². The van der Waals surface area contributed by atoms with Crippen molar-refractivity contribution in [2.75, 3.05) is 12.0 Å². The van der Waals surface area contributed by atoms with Gasteiger partial charge in [0.15, 0.2) is 0 Å². The Morgan fingerprint density at radius 1 is 1.27 bits per heavy atom. The van der Waals surface area contributed by atoms with Gasteiger partial charge in [-0.15, -0.1) is 0 Å². The molecule has 0 saturated heterocycles. The fourth-order valence-corrected chi connectivity index (χ4v) is 2.11. The molecular formula is C10H22N2O2S. The highest BCUT2D eigenvalue weighted by Crippen LogP contribution is 1.91. The van der Waals surface area contributed by atoms with Gasteiger partial charge in [0.05, 0.1) is 6.04 Å². The molecule has 0 bridgehead atoms. The molecule has 15 heavy (non-hydrogen) atoms. The van der Waals surface area contributed by atoms with E-state index in [0.29, 0.717) is 5.75 Å². The predicted octanol–water partition coefficient (Wildman–Crippen LogP) is 0.256. The van der Waals surface area contributed by atoms with Crippen LogP contribution in [0.5, 0.6) is 0 Å². The number of rotatable bonds is 6. The summed E-state index contributed by atoms with van der Waals surface area (Å²) >= 11 is 0. The van der Waals surface area contributed by atoms with Crippen molar-refractivity contribution < 1.29 is 9.00 Å². The topological polar surface area (TPSA) is 58.2 Å². The van der Waals surface area contributed by atoms with Crippen molar-refractivity contribution in [3.63, 3.8) is 0 Å². The van der Waals surface area contributed by atoms with E-state index in [4.69, 9.17) is 0 Å². The zero-order valence-electron chi connectivity index (χ0n) is 10.2. The maximum absolute atomic E-state index is 11.5. The van der Waals surface area contributed by atoms with Crippen molar-refractivity contribution in [2.45, 2.75) is 45.8 Å². The van der Waals surface area contributed by atoms with Gasteiger partial charge in [0, 0.05) is 34.9 Å². The van der Waals surface area contributed by atoms with Crippen LogP contribution < -0.4 is 10.6 Å². The number of amides is 1. The second kappa shape index (κ2) is 6.95. The average Bonchev–Trinajstić information content (AvgIpc) is 2.00. The van der Waals surface area contributed by atoms with Crippen LogP contribution in [0.1, 0.15) is 27.7 Å². The van der Waals surface area contributed by atoms with Gasteiger partial charge < -0.3 is 10.6 Å². The fraction of sp³-hybridized carbons (Fsp3) is 0.900. The summed E-state index contributed by atoms with van der Waals surface area (Å²) in [7, 11) is -0.830. The number of hydrogen-bond acceptors (Lipinski definition) is 3. The maximum atomic E-state index is 11.5. The minimum atomic E-state index is -0.830. The molecule has 5 heteroatoms. The van der Waals surface area contributed by atoms with Crippen LogP contribution in [0.2, 0.25) is 0 Å². The number of hydrogen-bond donors (Lipinski definition) is 2. The Labute approximate surface area is 94.7 Å². The largest absolute Gasteiger partial charge is 0.353 e. The lowest BCUT2D eigenvalue weighted by Crippen LogP contribution is -2.48. The standard InChI is InChI=1S/C10H22N2O2S/c1-7(2)11-10(13)9(4)12-8(3)6-15(5)14/h7-9,12H,6H2,1-5H3,(H,11,13). The van der Waals surface area contributed by atoms with Crippen LogP contribution >= 0.6 is 0 Å². The molecule has 1 amide bonds. The van der Waals surface area contributed by atoms with Crippen LogP contribution in [0, 0.1) is 0 Å². The van der Waals surface area contributed by atoms with Gasteiger partial charge in [-0.2, -0.15) is 0 Å². The Bertz CT molecular complexity index is 231. The van der Waals surface area contributed by atoms with Gasteiger partial charge in [0.1, 0.15) is 0 Å². The lowest BCUT2D eigenvalue weighted by atomic mass is 10.2. The van der Waals surface area contributed by atoms with Gasteiger partial charge in [0.2, 0.25) is 5.91 Å². The van der Waals surface area contributed by atoms with Gasteiger partial charge in [-0.05, 0) is 27.7 Å². The molecule has 3 atom stereocenters. The van der Waals surface area contributed by atoms with E-state index in [-0.39, 0.29) is 24.0 Å². The van der Waals surface area contributed by atoms with Crippen LogP contribution in [-0.2, 0) is 15.6 Å². The minimum Gasteiger partial charge on any atom is -0.353 e. The summed E-state index contributed by atoms with van der Waals surface area (Å²) in [6, 6.07) is -0.00735. The monoisotopic (exact) mass is 234 g/mol. The number of nitrogens with one attached hydrogen (secondary N) is 2. The molecule has 2 N–H and O–H groups in total. The third kappa shape index (κ3) is 7.50. The summed E-state index contributed by atoms with van der Waals surface area (Å²) in [5, 5.41) is 5.94. The van der Waals surface area contributed by atoms with Crippen LogP contribution in [0.4, 0.5) is 0 Å². The third-order valence-electron chi connectivity index (χ3n) is 1.84. The van der Waals surface area contributed by atoms with Crippen LogP contribution in [-0.4, -0.2) is 40.3 Å². The normalized spacial score (nSPS) is 17.2. The van der Waals surface area contributed by atoms with Gasteiger partial charge in [-0.3, -0.25) is 9.00 Å². The maximum Gasteiger partial charge on any atom is 0.237 e. The molecular weight excluding hydrogens is 212 g/mol. The van der Waals surface area contributed by atoms with Gasteiger partial charge >= 0.3 is 0 Å². The van der Waals surface area contributed by atoms with E-state index in [1.165, 1.54) is 0 Å². The fourth-order valence-electron chi connectivity index (χ4n) is 1.31. The summed E-state index contributed by atoms with van der Waals surface area (Å²) in [5.74, 6) is 0.554. The molecule has 0 aliphatic rings. The van der Waals surface area contributed by atoms with Crippen molar-refractivity contribution in [3.8, 4) is 0 Å². The third-order valence-corrected chi connectivity index (χ3v) is 2.81. The lowest BCUT2D eigenvalue weighted by molar-refractivity contribution is -0.123. The van der Waals surface area contributed by atoms with E-state index in [2.05, 4.69) is 10.6 Å². The van der Waals surface area contributed by atoms with E-state index < -0.39 is 10.8 Å². The first kappa shape index (κ1) is 14.6. The zero-order chi connectivity index (χ0) is 12.0. The Morgan fingerprint density at radius 2 is 1.80 bits per heavy atom. The van der Waals surface area contributed by atoms with Crippen molar-refractivity contribution in [1.82, 2.24) is 10.6 Å². The van der Waals surface area contributed by atoms with Crippen molar-refractivity contribution in [2.24, 2.45) is 0 Å². The molecule has 0 aliphatic heterocycles. The summed E-state index contributed by atoms with van der Waals surface area (Å²) in [6.45, 7) is 7.59. The Morgan fingerprint density at radius 3 is 2.20 bits per heavy atom. The number of carbonyl (C=O) groups is 1. The van der Waals surface area contributed by atoms with Gasteiger partial charge in [-0.25, -0.2) is 0 Å². The molecule has 0 aromatic carbocycles. The van der Waals surface area contributed by atoms with Gasteiger partial charge in [-0.1, -0.05) is 0 Å². The summed E-state index contributed by atoms with van der Waals surface area (Å²) in [4.78, 5) is 11.5. The van der Waals surface area contributed by atoms with Crippen LogP contribution in [0.3, 0.4) is 0 Å². The summed E-state index contributed by atoms with van der Waals surface area (Å²) in [5.41, 5.74) is 0. The minimum absolute atomic E-state index is 0.0151. The lowest BCUT2D eigenvalue weighted by Gasteiger charge is -2.20. The molecule has 4 nitrogen and oxygen atoms in total. The smallest absolute Gasteiger partial charge is 0.237 e. The predicted molar refractivity (Wildman–Crippen MR) is 64.3 cm³/mol. The Balaban J connectivity index is 3.95. The highest BCUT2D eigenvalue weighted by atomic mass is 32.2. The second-order valence-corrected chi connectivity index (χ2v) is 5.67. The molecule has 0 saturated carbocycles. The van der Waals surface area contributed by atoms with Crippen molar-refractivity contribution >= 4 is 16.7 Å². The first-order chi connectivity index (χ1) is 6.82. The van der Waals surface area contributed by atoms with Crippen LogP contribution in [0.15, 0.2) is 0 Å². The van der Waals surface area contributed by atoms with Crippen molar-refractivity contribution in [3.05, 3.63) is 0 Å². The Kier molecular flexibility index (Phi) is 6.76. The molecule has 0 aliphatic carbocycles. The van der Waals surface area contributed by atoms with Gasteiger partial charge in [0.25, 0.3) is 0 Å². The molecule has 0 radical (unpaired) electrons. The zero-order valence-corrected chi connectivity index (χ0v) is 11.0. The molecule has 0 aromatic heterocycles. The molecule has 90 valence electrons. The van der Waals surface area contributed by atoms with E-state index in [1.54, 1.807) is 6.26 Å². The molecule has 0 rings (SSSR count). The first-order valence-electron chi connectivity index (χ1n) is 5.19. The SMILES string of the molecule is CC(C)NC(=O)C(C)NC(C)CS(C)=O. The molecule has 3 unspecified atom stereocenters. The van der Waals surface area contributed by atoms with Crippen LogP contribution in [0.25, 0.3) is 0 Å². The molecule has 0 heterocycles. The molecule has 0 aromatic rings. The number of carbonyl (C=O) groups excluding carboxylic acids is 1. The average molecular weight is 234 g/mol. The summed E-state index contributed by atoms with van der Waals surface area (Å²) in [6.07, 6.45) is 1.66. The molecule has 0 spiro atoms. The summed E-state index contributed by atoms with van der Waals surface area (Å²) < 4.78 is 11.0. The second-order valence-electron chi connectivity index (χ2n) is 4.19.